The number of sulfonamides is 1. The Hall–Kier alpha value is 0.200. The fraction of sp³-hybridized carbons (Fsp3) is 1.00. The predicted molar refractivity (Wildman–Crippen MR) is 63.6 cm³/mol. The van der Waals surface area contributed by atoms with Crippen molar-refractivity contribution in [2.45, 2.75) is 39.2 Å². The number of hydrogen-bond donors (Lipinski definition) is 1. The molecule has 90 valence electrons. The van der Waals surface area contributed by atoms with Crippen molar-refractivity contribution < 1.29 is 8.42 Å². The van der Waals surface area contributed by atoms with Gasteiger partial charge in [0.1, 0.15) is 0 Å². The summed E-state index contributed by atoms with van der Waals surface area (Å²) in [4.78, 5) is 0. The van der Waals surface area contributed by atoms with Crippen LogP contribution in [0.1, 0.15) is 33.6 Å². The first-order valence-electron chi connectivity index (χ1n) is 5.34. The van der Waals surface area contributed by atoms with Crippen molar-refractivity contribution in [2.75, 3.05) is 11.6 Å². The molecule has 0 aromatic carbocycles. The van der Waals surface area contributed by atoms with Crippen LogP contribution < -0.4 is 4.72 Å². The molecular weight excluding hydrogens is 234 g/mol. The molecule has 0 saturated heterocycles. The van der Waals surface area contributed by atoms with E-state index >= 15 is 0 Å². The third-order valence-electron chi connectivity index (χ3n) is 2.78. The van der Waals surface area contributed by atoms with Gasteiger partial charge in [-0.3, -0.25) is 0 Å². The molecule has 0 aliphatic heterocycles. The van der Waals surface area contributed by atoms with Crippen LogP contribution >= 0.6 is 11.6 Å². The zero-order chi connectivity index (χ0) is 11.7. The molecule has 5 heteroatoms. The molecule has 15 heavy (non-hydrogen) atoms. The summed E-state index contributed by atoms with van der Waals surface area (Å²) in [5.41, 5.74) is -0.301. The summed E-state index contributed by atoms with van der Waals surface area (Å²) in [6, 6.07) is 0. The van der Waals surface area contributed by atoms with Crippen molar-refractivity contribution in [3.8, 4) is 0 Å². The molecule has 0 spiro atoms. The first-order valence-corrected chi connectivity index (χ1v) is 7.53. The van der Waals surface area contributed by atoms with Gasteiger partial charge in [-0.15, -0.1) is 11.6 Å². The van der Waals surface area contributed by atoms with Crippen LogP contribution in [0, 0.1) is 11.8 Å². The monoisotopic (exact) mass is 253 g/mol. The van der Waals surface area contributed by atoms with Crippen molar-refractivity contribution in [1.29, 1.82) is 0 Å². The summed E-state index contributed by atoms with van der Waals surface area (Å²) in [6.45, 7) is 5.75. The normalized spacial score (nSPS) is 20.3. The molecule has 1 aliphatic carbocycles. The van der Waals surface area contributed by atoms with Crippen LogP contribution in [0.5, 0.6) is 0 Å². The minimum Gasteiger partial charge on any atom is -0.212 e. The van der Waals surface area contributed by atoms with E-state index in [4.69, 9.17) is 11.6 Å². The number of rotatable bonds is 6. The zero-order valence-electron chi connectivity index (χ0n) is 9.59. The fourth-order valence-electron chi connectivity index (χ4n) is 1.75. The largest absolute Gasteiger partial charge is 0.212 e. The Balaban J connectivity index is 2.55. The molecule has 1 N–H and O–H groups in total. The minimum atomic E-state index is -3.19. The van der Waals surface area contributed by atoms with Gasteiger partial charge in [-0.2, -0.15) is 0 Å². The lowest BCUT2D eigenvalue weighted by Gasteiger charge is -2.26. The molecule has 1 fully saturated rings. The standard InChI is InChI=1S/C10H20ClNO2S/c1-8(6-11)7-15(13,14)12-10(2,3)9-4-5-9/h8-9,12H,4-7H2,1-3H3. The van der Waals surface area contributed by atoms with E-state index in [1.165, 1.54) is 0 Å². The zero-order valence-corrected chi connectivity index (χ0v) is 11.2. The molecule has 0 amide bonds. The molecule has 0 aromatic heterocycles. The minimum absolute atomic E-state index is 0.000769. The second kappa shape index (κ2) is 4.60. The molecule has 0 bridgehead atoms. The highest BCUT2D eigenvalue weighted by Crippen LogP contribution is 2.39. The predicted octanol–water partition coefficient (Wildman–Crippen LogP) is 1.97. The molecule has 0 aromatic rings. The van der Waals surface area contributed by atoms with E-state index in [0.29, 0.717) is 11.8 Å². The van der Waals surface area contributed by atoms with Gasteiger partial charge in [0.2, 0.25) is 10.0 Å². The van der Waals surface area contributed by atoms with E-state index in [9.17, 15) is 8.42 Å². The highest BCUT2D eigenvalue weighted by molar-refractivity contribution is 7.89. The molecule has 1 atom stereocenters. The molecule has 1 aliphatic rings. The number of nitrogens with one attached hydrogen (secondary N) is 1. The topological polar surface area (TPSA) is 46.2 Å². The third kappa shape index (κ3) is 4.29. The molecule has 1 unspecified atom stereocenters. The average Bonchev–Trinajstić information content (AvgIpc) is 2.82. The summed E-state index contributed by atoms with van der Waals surface area (Å²) in [7, 11) is -3.19. The van der Waals surface area contributed by atoms with Crippen molar-refractivity contribution in [3.05, 3.63) is 0 Å². The van der Waals surface area contributed by atoms with E-state index in [0.717, 1.165) is 12.8 Å². The first-order chi connectivity index (χ1) is 6.77. The second-order valence-corrected chi connectivity index (χ2v) is 7.21. The summed E-state index contributed by atoms with van der Waals surface area (Å²) < 4.78 is 26.3. The van der Waals surface area contributed by atoms with Crippen molar-refractivity contribution >= 4 is 21.6 Å². The summed E-state index contributed by atoms with van der Waals surface area (Å²) >= 11 is 5.61. The lowest BCUT2D eigenvalue weighted by atomic mass is 10.0. The maximum Gasteiger partial charge on any atom is 0.212 e. The number of halogens is 1. The highest BCUT2D eigenvalue weighted by Gasteiger charge is 2.40. The van der Waals surface area contributed by atoms with E-state index in [1.54, 1.807) is 0 Å². The Morgan fingerprint density at radius 2 is 2.00 bits per heavy atom. The van der Waals surface area contributed by atoms with Gasteiger partial charge in [0.15, 0.2) is 0 Å². The van der Waals surface area contributed by atoms with Crippen LogP contribution in [0.3, 0.4) is 0 Å². The Kier molecular flexibility index (Phi) is 4.07. The number of hydrogen-bond acceptors (Lipinski definition) is 2. The van der Waals surface area contributed by atoms with E-state index in [2.05, 4.69) is 4.72 Å². The van der Waals surface area contributed by atoms with Crippen LogP contribution in [0.4, 0.5) is 0 Å². The lowest BCUT2D eigenvalue weighted by Crippen LogP contribution is -2.46. The van der Waals surface area contributed by atoms with Gasteiger partial charge in [0.25, 0.3) is 0 Å². The Bertz CT molecular complexity index is 309. The van der Waals surface area contributed by atoms with Gasteiger partial charge in [-0.1, -0.05) is 6.92 Å². The van der Waals surface area contributed by atoms with Gasteiger partial charge < -0.3 is 0 Å². The second-order valence-electron chi connectivity index (χ2n) is 5.14. The average molecular weight is 254 g/mol. The maximum absolute atomic E-state index is 11.8. The molecule has 1 saturated carbocycles. The molecule has 3 nitrogen and oxygen atoms in total. The van der Waals surface area contributed by atoms with Gasteiger partial charge in [0, 0.05) is 11.4 Å². The molecule has 0 radical (unpaired) electrons. The van der Waals surface area contributed by atoms with Gasteiger partial charge in [0.05, 0.1) is 5.75 Å². The lowest BCUT2D eigenvalue weighted by molar-refractivity contribution is 0.399. The van der Waals surface area contributed by atoms with Crippen molar-refractivity contribution in [1.82, 2.24) is 4.72 Å². The number of alkyl halides is 1. The van der Waals surface area contributed by atoms with Crippen LogP contribution in [-0.2, 0) is 10.0 Å². The summed E-state index contributed by atoms with van der Waals surface area (Å²) in [5.74, 6) is 0.995. The van der Waals surface area contributed by atoms with Crippen molar-refractivity contribution in [2.24, 2.45) is 11.8 Å². The highest BCUT2D eigenvalue weighted by atomic mass is 35.5. The van der Waals surface area contributed by atoms with Gasteiger partial charge >= 0.3 is 0 Å². The quantitative estimate of drug-likeness (QED) is 0.736. The summed E-state index contributed by atoms with van der Waals surface area (Å²) in [6.07, 6.45) is 2.25. The molecular formula is C10H20ClNO2S. The van der Waals surface area contributed by atoms with Crippen molar-refractivity contribution in [3.63, 3.8) is 0 Å². The van der Waals surface area contributed by atoms with Crippen LogP contribution in [-0.4, -0.2) is 25.6 Å². The van der Waals surface area contributed by atoms with E-state index in [1.807, 2.05) is 20.8 Å². The molecule has 0 heterocycles. The first kappa shape index (κ1) is 13.3. The third-order valence-corrected chi connectivity index (χ3v) is 5.16. The van der Waals surface area contributed by atoms with Gasteiger partial charge in [-0.05, 0) is 38.5 Å². The SMILES string of the molecule is CC(CCl)CS(=O)(=O)NC(C)(C)C1CC1. The van der Waals surface area contributed by atoms with Crippen LogP contribution in [0.15, 0.2) is 0 Å². The summed E-state index contributed by atoms with van der Waals surface area (Å²) in [5, 5.41) is 0. The molecule has 1 rings (SSSR count). The van der Waals surface area contributed by atoms with Gasteiger partial charge in [-0.25, -0.2) is 13.1 Å². The Labute approximate surface area is 97.6 Å². The fourth-order valence-corrected chi connectivity index (χ4v) is 3.91. The Morgan fingerprint density at radius 1 is 1.47 bits per heavy atom. The van der Waals surface area contributed by atoms with Crippen LogP contribution in [0.25, 0.3) is 0 Å². The van der Waals surface area contributed by atoms with Crippen LogP contribution in [0.2, 0.25) is 0 Å². The van der Waals surface area contributed by atoms with E-state index in [-0.39, 0.29) is 17.2 Å². The van der Waals surface area contributed by atoms with E-state index < -0.39 is 10.0 Å². The maximum atomic E-state index is 11.8. The smallest absolute Gasteiger partial charge is 0.212 e. The Morgan fingerprint density at radius 3 is 2.40 bits per heavy atom.